The summed E-state index contributed by atoms with van der Waals surface area (Å²) in [6.07, 6.45) is 1.52. The van der Waals surface area contributed by atoms with Gasteiger partial charge in [-0.25, -0.2) is 0 Å². The topological polar surface area (TPSA) is 17.1 Å². The van der Waals surface area contributed by atoms with Crippen molar-refractivity contribution >= 4 is 44.4 Å². The largest absolute Gasteiger partial charge is 0.293 e. The average molecular weight is 315 g/mol. The van der Waals surface area contributed by atoms with Crippen LogP contribution in [-0.4, -0.2) is 5.78 Å². The fourth-order valence-corrected chi connectivity index (χ4v) is 3.78. The molecule has 0 atom stereocenters. The van der Waals surface area contributed by atoms with E-state index in [1.807, 2.05) is 24.3 Å². The van der Waals surface area contributed by atoms with Gasteiger partial charge >= 0.3 is 0 Å². The van der Waals surface area contributed by atoms with E-state index in [1.54, 1.807) is 22.7 Å². The molecule has 0 aliphatic rings. The molecular weight excluding hydrogens is 304 g/mol. The van der Waals surface area contributed by atoms with Gasteiger partial charge in [0.1, 0.15) is 0 Å². The second-order valence-electron chi connectivity index (χ2n) is 3.43. The van der Waals surface area contributed by atoms with Gasteiger partial charge in [0, 0.05) is 16.2 Å². The number of carbonyl (C=O) groups is 1. The van der Waals surface area contributed by atoms with E-state index in [9.17, 15) is 4.79 Å². The number of halogens is 1. The highest BCUT2D eigenvalue weighted by atomic mass is 79.9. The van der Waals surface area contributed by atoms with E-state index in [0.29, 0.717) is 6.42 Å². The van der Waals surface area contributed by atoms with Crippen molar-refractivity contribution in [1.29, 1.82) is 0 Å². The molecule has 1 nitrogen and oxygen atoms in total. The van der Waals surface area contributed by atoms with Crippen LogP contribution in [0.4, 0.5) is 0 Å². The predicted octanol–water partition coefficient (Wildman–Crippen LogP) is 4.56. The Labute approximate surface area is 111 Å². The second-order valence-corrected chi connectivity index (χ2v) is 7.14. The minimum atomic E-state index is 0.221. The lowest BCUT2D eigenvalue weighted by atomic mass is 10.2. The third-order valence-corrected chi connectivity index (χ3v) is 5.14. The molecular formula is C12H11BrOS2. The van der Waals surface area contributed by atoms with E-state index in [4.69, 9.17) is 0 Å². The van der Waals surface area contributed by atoms with Gasteiger partial charge in [-0.15, -0.1) is 22.7 Å². The maximum atomic E-state index is 12.0. The molecule has 2 aromatic rings. The number of carbonyl (C=O) groups excluding carboxylic acids is 1. The van der Waals surface area contributed by atoms with E-state index in [-0.39, 0.29) is 5.78 Å². The van der Waals surface area contributed by atoms with Crippen LogP contribution < -0.4 is 0 Å². The molecule has 2 heterocycles. The number of aryl methyl sites for hydroxylation is 1. The van der Waals surface area contributed by atoms with Crippen molar-refractivity contribution in [2.45, 2.75) is 19.8 Å². The number of rotatable bonds is 4. The number of hydrogen-bond acceptors (Lipinski definition) is 3. The summed E-state index contributed by atoms with van der Waals surface area (Å²) in [7, 11) is 0. The summed E-state index contributed by atoms with van der Waals surface area (Å²) >= 11 is 6.64. The highest BCUT2D eigenvalue weighted by molar-refractivity contribution is 9.11. The molecule has 0 aromatic carbocycles. The van der Waals surface area contributed by atoms with Gasteiger partial charge in [-0.05, 0) is 46.6 Å². The van der Waals surface area contributed by atoms with Crippen molar-refractivity contribution in [2.24, 2.45) is 0 Å². The molecule has 0 bridgehead atoms. The molecule has 2 rings (SSSR count). The number of thiophene rings is 2. The van der Waals surface area contributed by atoms with E-state index in [0.717, 1.165) is 20.0 Å². The zero-order chi connectivity index (χ0) is 11.5. The molecule has 0 radical (unpaired) electrons. The zero-order valence-corrected chi connectivity index (χ0v) is 12.0. The van der Waals surface area contributed by atoms with Crippen LogP contribution in [0.1, 0.15) is 26.3 Å². The minimum Gasteiger partial charge on any atom is -0.293 e. The Kier molecular flexibility index (Phi) is 3.95. The molecule has 4 heteroatoms. The van der Waals surface area contributed by atoms with Crippen molar-refractivity contribution in [1.82, 2.24) is 0 Å². The minimum absolute atomic E-state index is 0.221. The molecule has 0 aliphatic carbocycles. The maximum absolute atomic E-state index is 12.0. The Hall–Kier alpha value is -0.450. The van der Waals surface area contributed by atoms with E-state index in [1.165, 1.54) is 4.88 Å². The molecule has 0 amide bonds. The molecule has 84 valence electrons. The average Bonchev–Trinajstić information content (AvgIpc) is 2.87. The molecule has 0 N–H and O–H groups in total. The molecule has 0 saturated heterocycles. The maximum Gasteiger partial charge on any atom is 0.177 e. The van der Waals surface area contributed by atoms with Crippen LogP contribution in [-0.2, 0) is 12.8 Å². The Morgan fingerprint density at radius 1 is 1.19 bits per heavy atom. The van der Waals surface area contributed by atoms with Gasteiger partial charge in [0.05, 0.1) is 8.66 Å². The molecule has 0 spiro atoms. The zero-order valence-electron chi connectivity index (χ0n) is 8.83. The fourth-order valence-electron chi connectivity index (χ4n) is 1.41. The van der Waals surface area contributed by atoms with Crippen LogP contribution in [0.2, 0.25) is 0 Å². The summed E-state index contributed by atoms with van der Waals surface area (Å²) < 4.78 is 1.08. The Bertz CT molecular complexity index is 499. The van der Waals surface area contributed by atoms with Crippen LogP contribution in [0.15, 0.2) is 28.1 Å². The number of hydrogen-bond donors (Lipinski definition) is 0. The monoisotopic (exact) mass is 314 g/mol. The van der Waals surface area contributed by atoms with Crippen LogP contribution in [0.25, 0.3) is 0 Å². The van der Waals surface area contributed by atoms with Gasteiger partial charge < -0.3 is 0 Å². The molecule has 0 aliphatic heterocycles. The summed E-state index contributed by atoms with van der Waals surface area (Å²) in [5.74, 6) is 0.221. The third kappa shape index (κ3) is 2.81. The van der Waals surface area contributed by atoms with Crippen LogP contribution in [0.3, 0.4) is 0 Å². The van der Waals surface area contributed by atoms with Crippen molar-refractivity contribution in [3.8, 4) is 0 Å². The van der Waals surface area contributed by atoms with Gasteiger partial charge in [0.15, 0.2) is 5.78 Å². The fraction of sp³-hybridized carbons (Fsp3) is 0.250. The highest BCUT2D eigenvalue weighted by Gasteiger charge is 2.10. The van der Waals surface area contributed by atoms with Crippen LogP contribution in [0.5, 0.6) is 0 Å². The Morgan fingerprint density at radius 3 is 2.50 bits per heavy atom. The summed E-state index contributed by atoms with van der Waals surface area (Å²) in [5, 5.41) is 0. The first-order valence-corrected chi connectivity index (χ1v) is 7.47. The van der Waals surface area contributed by atoms with E-state index < -0.39 is 0 Å². The first-order chi connectivity index (χ1) is 7.69. The summed E-state index contributed by atoms with van der Waals surface area (Å²) in [6.45, 7) is 2.11. The van der Waals surface area contributed by atoms with Crippen molar-refractivity contribution in [2.75, 3.05) is 0 Å². The SMILES string of the molecule is CCc1ccc(C(=O)Cc2ccc(Br)s2)s1. The van der Waals surface area contributed by atoms with Gasteiger partial charge in [-0.2, -0.15) is 0 Å². The standard InChI is InChI=1S/C12H11BrOS2/c1-2-8-3-5-11(15-8)10(14)7-9-4-6-12(13)16-9/h3-6H,2,7H2,1H3. The molecule has 16 heavy (non-hydrogen) atoms. The smallest absolute Gasteiger partial charge is 0.177 e. The van der Waals surface area contributed by atoms with Gasteiger partial charge in [0.2, 0.25) is 0 Å². The lowest BCUT2D eigenvalue weighted by Crippen LogP contribution is -1.98. The molecule has 0 saturated carbocycles. The van der Waals surface area contributed by atoms with Gasteiger partial charge in [0.25, 0.3) is 0 Å². The lowest BCUT2D eigenvalue weighted by molar-refractivity contribution is 0.0997. The summed E-state index contributed by atoms with van der Waals surface area (Å²) in [5.41, 5.74) is 0. The summed E-state index contributed by atoms with van der Waals surface area (Å²) in [6, 6.07) is 7.97. The van der Waals surface area contributed by atoms with E-state index >= 15 is 0 Å². The third-order valence-electron chi connectivity index (χ3n) is 2.25. The molecule has 0 fully saturated rings. The van der Waals surface area contributed by atoms with Crippen molar-refractivity contribution in [3.63, 3.8) is 0 Å². The van der Waals surface area contributed by atoms with Crippen LogP contribution >= 0.6 is 38.6 Å². The number of ketones is 1. The van der Waals surface area contributed by atoms with Gasteiger partial charge in [-0.3, -0.25) is 4.79 Å². The normalized spacial score (nSPS) is 10.6. The number of Topliss-reactive ketones (excluding diaryl/α,β-unsaturated/α-hetero) is 1. The Balaban J connectivity index is 2.08. The molecule has 2 aromatic heterocycles. The second kappa shape index (κ2) is 5.25. The van der Waals surface area contributed by atoms with Crippen LogP contribution in [0, 0.1) is 0 Å². The predicted molar refractivity (Wildman–Crippen MR) is 73.8 cm³/mol. The first kappa shape index (κ1) is 12.0. The molecule has 0 unspecified atom stereocenters. The highest BCUT2D eigenvalue weighted by Crippen LogP contribution is 2.25. The van der Waals surface area contributed by atoms with Gasteiger partial charge in [-0.1, -0.05) is 6.92 Å². The quantitative estimate of drug-likeness (QED) is 0.756. The summed E-state index contributed by atoms with van der Waals surface area (Å²) in [4.78, 5) is 15.2. The van der Waals surface area contributed by atoms with Crippen molar-refractivity contribution in [3.05, 3.63) is 42.7 Å². The Morgan fingerprint density at radius 2 is 1.94 bits per heavy atom. The lowest BCUT2D eigenvalue weighted by Gasteiger charge is -1.94. The first-order valence-electron chi connectivity index (χ1n) is 5.05. The van der Waals surface area contributed by atoms with Crippen molar-refractivity contribution < 1.29 is 4.79 Å². The van der Waals surface area contributed by atoms with E-state index in [2.05, 4.69) is 22.9 Å².